The number of halogens is 1. The number of rotatable bonds is 6. The van der Waals surface area contributed by atoms with Crippen LogP contribution in [0.4, 0.5) is 4.79 Å². The van der Waals surface area contributed by atoms with E-state index in [2.05, 4.69) is 5.32 Å². The highest BCUT2D eigenvalue weighted by molar-refractivity contribution is 7.89. The van der Waals surface area contributed by atoms with Crippen molar-refractivity contribution < 1.29 is 18.0 Å². The van der Waals surface area contributed by atoms with Crippen LogP contribution in [0.15, 0.2) is 53.4 Å². The number of carbonyl (C=O) groups excluding carboxylic acids is 2. The van der Waals surface area contributed by atoms with E-state index in [-0.39, 0.29) is 36.0 Å². The van der Waals surface area contributed by atoms with E-state index in [1.54, 1.807) is 41.1 Å². The molecule has 1 heterocycles. The molecule has 0 aromatic heterocycles. The molecule has 1 N–H and O–H groups in total. The number of nitrogens with one attached hydrogen (secondary N) is 1. The van der Waals surface area contributed by atoms with Gasteiger partial charge < -0.3 is 15.1 Å². The van der Waals surface area contributed by atoms with Gasteiger partial charge >= 0.3 is 6.03 Å². The molecule has 0 saturated carbocycles. The van der Waals surface area contributed by atoms with Crippen LogP contribution in [0.25, 0.3) is 0 Å². The summed E-state index contributed by atoms with van der Waals surface area (Å²) in [5, 5.41) is 3.33. The van der Waals surface area contributed by atoms with E-state index in [9.17, 15) is 18.0 Å². The van der Waals surface area contributed by atoms with E-state index in [4.69, 9.17) is 11.6 Å². The Morgan fingerprint density at radius 2 is 1.58 bits per heavy atom. The lowest BCUT2D eigenvalue weighted by atomic mass is 10.1. The van der Waals surface area contributed by atoms with Crippen LogP contribution in [0.2, 0.25) is 5.02 Å². The molecule has 2 aromatic carbocycles. The van der Waals surface area contributed by atoms with Crippen LogP contribution >= 0.6 is 11.6 Å². The Bertz CT molecular complexity index is 1080. The van der Waals surface area contributed by atoms with Gasteiger partial charge in [0, 0.05) is 56.4 Å². The van der Waals surface area contributed by atoms with Gasteiger partial charge in [-0.2, -0.15) is 4.31 Å². The highest BCUT2D eigenvalue weighted by Crippen LogP contribution is 2.20. The summed E-state index contributed by atoms with van der Waals surface area (Å²) in [6.45, 7) is 5.26. The Kier molecular flexibility index (Phi) is 7.99. The van der Waals surface area contributed by atoms with Crippen molar-refractivity contribution in [3.8, 4) is 0 Å². The van der Waals surface area contributed by atoms with E-state index < -0.39 is 10.0 Å². The maximum atomic E-state index is 12.8. The fraction of sp³-hybridized carbons (Fsp3) is 0.391. The second-order valence-electron chi connectivity index (χ2n) is 8.21. The molecule has 0 spiro atoms. The molecule has 1 fully saturated rings. The third kappa shape index (κ3) is 6.04. The van der Waals surface area contributed by atoms with Crippen molar-refractivity contribution >= 4 is 33.6 Å². The summed E-state index contributed by atoms with van der Waals surface area (Å²) in [6.07, 6.45) is 0. The van der Waals surface area contributed by atoms with Crippen molar-refractivity contribution in [1.29, 1.82) is 0 Å². The van der Waals surface area contributed by atoms with Gasteiger partial charge in [0.2, 0.25) is 10.0 Å². The number of benzene rings is 2. The van der Waals surface area contributed by atoms with E-state index in [0.29, 0.717) is 30.2 Å². The summed E-state index contributed by atoms with van der Waals surface area (Å²) < 4.78 is 26.9. The van der Waals surface area contributed by atoms with Gasteiger partial charge in [-0.25, -0.2) is 13.2 Å². The number of hydrogen-bond acceptors (Lipinski definition) is 4. The lowest BCUT2D eigenvalue weighted by Crippen LogP contribution is -2.52. The average Bonchev–Trinajstić information content (AvgIpc) is 2.82. The molecule has 0 unspecified atom stereocenters. The van der Waals surface area contributed by atoms with Crippen LogP contribution < -0.4 is 5.32 Å². The number of nitrogens with zero attached hydrogens (tertiary/aromatic N) is 3. The monoisotopic (exact) mass is 492 g/mol. The molecular weight excluding hydrogens is 464 g/mol. The van der Waals surface area contributed by atoms with E-state index >= 15 is 0 Å². The number of amides is 3. The zero-order valence-corrected chi connectivity index (χ0v) is 20.6. The van der Waals surface area contributed by atoms with Gasteiger partial charge in [0.15, 0.2) is 0 Å². The van der Waals surface area contributed by atoms with Crippen LogP contribution in [0.5, 0.6) is 0 Å². The Hall–Kier alpha value is -2.62. The summed E-state index contributed by atoms with van der Waals surface area (Å²) in [5.41, 5.74) is 1.47. The lowest BCUT2D eigenvalue weighted by molar-refractivity contribution is 0.0755. The minimum Gasteiger partial charge on any atom is -0.339 e. The topological polar surface area (TPSA) is 90.0 Å². The molecule has 10 heteroatoms. The van der Waals surface area contributed by atoms with Crippen molar-refractivity contribution in [3.05, 3.63) is 64.7 Å². The standard InChI is InChI=1S/C23H29ClN4O4S/c1-17(2)26(3)22(29)19-6-4-18(5-7-19)16-25-23(30)27-12-14-28(15-13-27)33(31,32)21-10-8-20(24)9-11-21/h4-11,17H,12-16H2,1-3H3,(H,25,30). The molecule has 0 radical (unpaired) electrons. The number of carbonyl (C=O) groups is 2. The first-order chi connectivity index (χ1) is 15.6. The molecule has 3 rings (SSSR count). The van der Waals surface area contributed by atoms with Crippen molar-refractivity contribution in [3.63, 3.8) is 0 Å². The Balaban J connectivity index is 1.50. The number of piperazine rings is 1. The van der Waals surface area contributed by atoms with Crippen molar-refractivity contribution in [2.24, 2.45) is 0 Å². The van der Waals surface area contributed by atoms with Gasteiger partial charge in [0.25, 0.3) is 5.91 Å². The zero-order chi connectivity index (χ0) is 24.2. The minimum absolute atomic E-state index is 0.0491. The highest BCUT2D eigenvalue weighted by atomic mass is 35.5. The van der Waals surface area contributed by atoms with Crippen LogP contribution in [-0.2, 0) is 16.6 Å². The molecule has 1 saturated heterocycles. The quantitative estimate of drug-likeness (QED) is 0.671. The normalized spacial score (nSPS) is 14.9. The van der Waals surface area contributed by atoms with Crippen molar-refractivity contribution in [1.82, 2.24) is 19.4 Å². The predicted octanol–water partition coefficient (Wildman–Crippen LogP) is 3.04. The molecular formula is C23H29ClN4O4S. The van der Waals surface area contributed by atoms with Crippen LogP contribution in [0.3, 0.4) is 0 Å². The largest absolute Gasteiger partial charge is 0.339 e. The molecule has 1 aliphatic heterocycles. The Morgan fingerprint density at radius 1 is 1.00 bits per heavy atom. The SMILES string of the molecule is CC(C)N(C)C(=O)c1ccc(CNC(=O)N2CCN(S(=O)(=O)c3ccc(Cl)cc3)CC2)cc1. The van der Waals surface area contributed by atoms with Gasteiger partial charge in [0.1, 0.15) is 0 Å². The minimum atomic E-state index is -3.62. The Morgan fingerprint density at radius 3 is 2.12 bits per heavy atom. The first-order valence-corrected chi connectivity index (χ1v) is 12.6. The van der Waals surface area contributed by atoms with Gasteiger partial charge in [-0.1, -0.05) is 23.7 Å². The number of sulfonamides is 1. The van der Waals surface area contributed by atoms with E-state index in [1.165, 1.54) is 16.4 Å². The summed E-state index contributed by atoms with van der Waals surface area (Å²) >= 11 is 5.84. The first-order valence-electron chi connectivity index (χ1n) is 10.7. The van der Waals surface area contributed by atoms with E-state index in [0.717, 1.165) is 5.56 Å². The summed E-state index contributed by atoms with van der Waals surface area (Å²) in [4.78, 5) is 28.4. The van der Waals surface area contributed by atoms with Crippen LogP contribution in [-0.4, -0.2) is 73.7 Å². The fourth-order valence-electron chi connectivity index (χ4n) is 3.38. The molecule has 33 heavy (non-hydrogen) atoms. The van der Waals surface area contributed by atoms with Gasteiger partial charge in [-0.15, -0.1) is 0 Å². The third-order valence-electron chi connectivity index (χ3n) is 5.72. The van der Waals surface area contributed by atoms with Gasteiger partial charge in [-0.05, 0) is 55.8 Å². The summed E-state index contributed by atoms with van der Waals surface area (Å²) in [5.74, 6) is -0.0491. The van der Waals surface area contributed by atoms with Gasteiger partial charge in [-0.3, -0.25) is 4.79 Å². The molecule has 8 nitrogen and oxygen atoms in total. The number of urea groups is 1. The number of hydrogen-bond donors (Lipinski definition) is 1. The zero-order valence-electron chi connectivity index (χ0n) is 19.0. The van der Waals surface area contributed by atoms with Crippen LogP contribution in [0.1, 0.15) is 29.8 Å². The molecule has 1 aliphatic rings. The smallest absolute Gasteiger partial charge is 0.317 e. The molecule has 0 atom stereocenters. The average molecular weight is 493 g/mol. The van der Waals surface area contributed by atoms with Crippen LogP contribution in [0, 0.1) is 0 Å². The Labute approximate surface area is 200 Å². The highest BCUT2D eigenvalue weighted by Gasteiger charge is 2.30. The molecule has 2 aromatic rings. The lowest BCUT2D eigenvalue weighted by Gasteiger charge is -2.34. The summed E-state index contributed by atoms with van der Waals surface area (Å²) in [6, 6.07) is 13.1. The predicted molar refractivity (Wildman–Crippen MR) is 128 cm³/mol. The maximum absolute atomic E-state index is 12.8. The van der Waals surface area contributed by atoms with Crippen molar-refractivity contribution in [2.45, 2.75) is 31.3 Å². The maximum Gasteiger partial charge on any atom is 0.317 e. The molecule has 3 amide bonds. The second-order valence-corrected chi connectivity index (χ2v) is 10.6. The second kappa shape index (κ2) is 10.5. The third-order valence-corrected chi connectivity index (χ3v) is 7.88. The van der Waals surface area contributed by atoms with Gasteiger partial charge in [0.05, 0.1) is 4.90 Å². The molecule has 178 valence electrons. The fourth-order valence-corrected chi connectivity index (χ4v) is 4.93. The summed E-state index contributed by atoms with van der Waals surface area (Å²) in [7, 11) is -1.86. The molecule has 0 aliphatic carbocycles. The molecule has 0 bridgehead atoms. The first kappa shape index (κ1) is 25.0. The van der Waals surface area contributed by atoms with Crippen molar-refractivity contribution in [2.75, 3.05) is 33.2 Å². The van der Waals surface area contributed by atoms with E-state index in [1.807, 2.05) is 26.0 Å².